The van der Waals surface area contributed by atoms with E-state index in [4.69, 9.17) is 9.47 Å². The van der Waals surface area contributed by atoms with E-state index in [-0.39, 0.29) is 63.0 Å². The van der Waals surface area contributed by atoms with E-state index in [2.05, 4.69) is 15.9 Å². The van der Waals surface area contributed by atoms with Crippen molar-refractivity contribution in [2.24, 2.45) is 23.7 Å². The van der Waals surface area contributed by atoms with Gasteiger partial charge in [-0.15, -0.1) is 0 Å². The van der Waals surface area contributed by atoms with Crippen LogP contribution in [0.1, 0.15) is 28.8 Å². The number of anilines is 1. The van der Waals surface area contributed by atoms with Crippen molar-refractivity contribution >= 4 is 57.0 Å². The number of hydrogen-bond donors (Lipinski definition) is 3. The van der Waals surface area contributed by atoms with Gasteiger partial charge in [-0.25, -0.2) is 9.69 Å². The first-order chi connectivity index (χ1) is 21.5. The summed E-state index contributed by atoms with van der Waals surface area (Å²) in [7, 11) is 2.80. The SMILES string of the molecule is COc1cc(C=C[C@H]2C3=CC[C@@H]4C(=O)N(c5ccc(C(=O)O)c(O)c5)C(=O)[C@@H]4[C@@H]3CC3=C2C(=O)C=C(Br)C3=O)cc(OC)c1O. The van der Waals surface area contributed by atoms with Crippen molar-refractivity contribution in [1.82, 2.24) is 0 Å². The molecule has 2 aromatic carbocycles. The van der Waals surface area contributed by atoms with Crippen molar-refractivity contribution in [2.75, 3.05) is 19.1 Å². The number of carbonyl (C=O) groups is 5. The highest BCUT2D eigenvalue weighted by molar-refractivity contribution is 9.12. The summed E-state index contributed by atoms with van der Waals surface area (Å²) in [5.74, 6) is -6.44. The van der Waals surface area contributed by atoms with Crippen LogP contribution in [-0.4, -0.2) is 58.9 Å². The van der Waals surface area contributed by atoms with Crippen LogP contribution in [0.15, 0.2) is 69.8 Å². The number of carboxylic acid groups (broad SMARTS) is 1. The van der Waals surface area contributed by atoms with E-state index in [1.807, 2.05) is 6.08 Å². The van der Waals surface area contributed by atoms with Crippen molar-refractivity contribution in [1.29, 1.82) is 0 Å². The van der Waals surface area contributed by atoms with E-state index in [1.165, 1.54) is 26.4 Å². The number of nitrogens with zero attached hydrogens (tertiary/aromatic N) is 1. The molecule has 230 valence electrons. The fourth-order valence-electron chi connectivity index (χ4n) is 6.80. The molecule has 1 heterocycles. The van der Waals surface area contributed by atoms with Crippen LogP contribution >= 0.6 is 15.9 Å². The fraction of sp³-hybridized carbons (Fsp3) is 0.242. The Morgan fingerprint density at radius 3 is 2.31 bits per heavy atom. The Hall–Kier alpha value is -4.97. The predicted octanol–water partition coefficient (Wildman–Crippen LogP) is 4.33. The van der Waals surface area contributed by atoms with Gasteiger partial charge in [0.25, 0.3) is 0 Å². The molecule has 4 atom stereocenters. The van der Waals surface area contributed by atoms with Crippen LogP contribution in [0.4, 0.5) is 5.69 Å². The Bertz CT molecular complexity index is 1830. The lowest BCUT2D eigenvalue weighted by molar-refractivity contribution is -0.123. The Morgan fingerprint density at radius 2 is 1.69 bits per heavy atom. The van der Waals surface area contributed by atoms with E-state index >= 15 is 0 Å². The van der Waals surface area contributed by atoms with Gasteiger partial charge in [0, 0.05) is 29.2 Å². The number of fused-ring (bicyclic) bond motifs is 3. The molecule has 1 fully saturated rings. The molecule has 2 amide bonds. The number of aromatic carboxylic acids is 1. The monoisotopic (exact) mass is 675 g/mol. The molecule has 0 bridgehead atoms. The summed E-state index contributed by atoms with van der Waals surface area (Å²) in [6.45, 7) is 0. The van der Waals surface area contributed by atoms with E-state index in [0.29, 0.717) is 11.1 Å². The number of phenols is 2. The largest absolute Gasteiger partial charge is 0.507 e. The Balaban J connectivity index is 1.42. The zero-order valence-electron chi connectivity index (χ0n) is 23.9. The first-order valence-corrected chi connectivity index (χ1v) is 14.7. The molecular formula is C33H26BrNO10. The lowest BCUT2D eigenvalue weighted by Gasteiger charge is -2.41. The molecule has 0 radical (unpaired) electrons. The molecule has 11 nitrogen and oxygen atoms in total. The second-order valence-corrected chi connectivity index (χ2v) is 11.9. The fourth-order valence-corrected chi connectivity index (χ4v) is 7.24. The molecule has 3 aliphatic carbocycles. The van der Waals surface area contributed by atoms with Gasteiger partial charge in [0.2, 0.25) is 17.6 Å². The highest BCUT2D eigenvalue weighted by Gasteiger charge is 2.56. The Morgan fingerprint density at radius 1 is 1.00 bits per heavy atom. The molecule has 0 spiro atoms. The number of ketones is 2. The average molecular weight is 676 g/mol. The normalized spacial score (nSPS) is 24.3. The third-order valence-corrected chi connectivity index (χ3v) is 9.42. The van der Waals surface area contributed by atoms with Gasteiger partial charge in [0.05, 0.1) is 36.2 Å². The molecular weight excluding hydrogens is 650 g/mol. The number of Topliss-reactive ketones (excluding diaryl/α,β-unsaturated/α-hetero) is 1. The van der Waals surface area contributed by atoms with Crippen LogP contribution in [0.3, 0.4) is 0 Å². The number of amides is 2. The number of hydrogen-bond acceptors (Lipinski definition) is 9. The van der Waals surface area contributed by atoms with Gasteiger partial charge in [-0.3, -0.25) is 19.2 Å². The van der Waals surface area contributed by atoms with Crippen molar-refractivity contribution in [3.8, 4) is 23.0 Å². The number of methoxy groups -OCH3 is 2. The number of phenolic OH excluding ortho intramolecular Hbond substituents is 1. The number of rotatable bonds is 6. The summed E-state index contributed by atoms with van der Waals surface area (Å²) >= 11 is 3.20. The van der Waals surface area contributed by atoms with Crippen LogP contribution in [0.25, 0.3) is 6.08 Å². The molecule has 0 saturated carbocycles. The number of aromatic hydroxyl groups is 2. The first kappa shape index (κ1) is 30.1. The maximum absolute atomic E-state index is 14.0. The van der Waals surface area contributed by atoms with Gasteiger partial charge in [-0.05, 0) is 64.5 Å². The van der Waals surface area contributed by atoms with Crippen LogP contribution in [0.2, 0.25) is 0 Å². The predicted molar refractivity (Wildman–Crippen MR) is 163 cm³/mol. The summed E-state index contributed by atoms with van der Waals surface area (Å²) in [5, 5.41) is 29.9. The second-order valence-electron chi connectivity index (χ2n) is 11.1. The van der Waals surface area contributed by atoms with E-state index in [0.717, 1.165) is 22.6 Å². The summed E-state index contributed by atoms with van der Waals surface area (Å²) in [4.78, 5) is 66.7. The second kappa shape index (κ2) is 11.2. The van der Waals surface area contributed by atoms with Crippen LogP contribution in [-0.2, 0) is 19.2 Å². The third kappa shape index (κ3) is 4.76. The standard InChI is InChI=1S/C33H26BrNO10/c1-44-25-9-14(10-26(45-2)30(25)39)3-5-17-16-7-8-19-28(20(16)12-21-27(17)24(37)13-22(34)29(21)38)32(41)35(31(19)40)15-4-6-18(33(42)43)23(36)11-15/h3-7,9-11,13,17,19-20,28,36,39H,8,12H2,1-2H3,(H,42,43)/t17-,19-,20+,28-/m0/s1. The smallest absolute Gasteiger partial charge is 0.339 e. The summed E-state index contributed by atoms with van der Waals surface area (Å²) in [6, 6.07) is 6.66. The summed E-state index contributed by atoms with van der Waals surface area (Å²) < 4.78 is 10.6. The molecule has 12 heteroatoms. The van der Waals surface area contributed by atoms with Crippen molar-refractivity contribution in [3.63, 3.8) is 0 Å². The highest BCUT2D eigenvalue weighted by atomic mass is 79.9. The number of imide groups is 1. The minimum atomic E-state index is -1.36. The maximum Gasteiger partial charge on any atom is 0.339 e. The molecule has 1 aliphatic heterocycles. The quantitative estimate of drug-likeness (QED) is 0.228. The van der Waals surface area contributed by atoms with Crippen molar-refractivity contribution < 1.29 is 48.8 Å². The first-order valence-electron chi connectivity index (χ1n) is 13.9. The molecule has 45 heavy (non-hydrogen) atoms. The van der Waals surface area contributed by atoms with Gasteiger partial charge in [-0.1, -0.05) is 23.8 Å². The lowest BCUT2D eigenvalue weighted by Crippen LogP contribution is -2.40. The Labute approximate surface area is 264 Å². The van der Waals surface area contributed by atoms with E-state index in [1.54, 1.807) is 24.3 Å². The van der Waals surface area contributed by atoms with Gasteiger partial charge >= 0.3 is 5.97 Å². The lowest BCUT2D eigenvalue weighted by atomic mass is 9.61. The van der Waals surface area contributed by atoms with Gasteiger partial charge < -0.3 is 24.8 Å². The number of carboxylic acids is 1. The minimum absolute atomic E-state index is 0.0421. The van der Waals surface area contributed by atoms with E-state index in [9.17, 15) is 39.3 Å². The molecule has 0 unspecified atom stereocenters. The number of carbonyl (C=O) groups excluding carboxylic acids is 4. The van der Waals surface area contributed by atoms with E-state index < -0.39 is 47.2 Å². The van der Waals surface area contributed by atoms with Gasteiger partial charge in [-0.2, -0.15) is 0 Å². The van der Waals surface area contributed by atoms with Gasteiger partial charge in [0.1, 0.15) is 11.3 Å². The number of allylic oxidation sites excluding steroid dienone is 7. The number of benzene rings is 2. The minimum Gasteiger partial charge on any atom is -0.507 e. The maximum atomic E-state index is 14.0. The van der Waals surface area contributed by atoms with Crippen molar-refractivity contribution in [2.45, 2.75) is 12.8 Å². The average Bonchev–Trinajstić information content (AvgIpc) is 3.27. The third-order valence-electron chi connectivity index (χ3n) is 8.83. The number of halogens is 1. The van der Waals surface area contributed by atoms with Crippen LogP contribution < -0.4 is 14.4 Å². The Kier molecular flexibility index (Phi) is 7.48. The molecule has 2 aromatic rings. The van der Waals surface area contributed by atoms with Crippen LogP contribution in [0.5, 0.6) is 23.0 Å². The van der Waals surface area contributed by atoms with Crippen LogP contribution in [0, 0.1) is 23.7 Å². The summed E-state index contributed by atoms with van der Waals surface area (Å²) in [5.41, 5.74) is 1.53. The zero-order valence-corrected chi connectivity index (χ0v) is 25.5. The van der Waals surface area contributed by atoms with Gasteiger partial charge in [0.15, 0.2) is 23.1 Å². The zero-order chi connectivity index (χ0) is 32.3. The van der Waals surface area contributed by atoms with Crippen molar-refractivity contribution in [3.05, 3.63) is 80.9 Å². The molecule has 3 N–H and O–H groups in total. The molecule has 0 aromatic heterocycles. The molecule has 1 saturated heterocycles. The summed E-state index contributed by atoms with van der Waals surface area (Å²) in [6.07, 6.45) is 6.82. The highest BCUT2D eigenvalue weighted by Crippen LogP contribution is 2.53. The molecule has 6 rings (SSSR count). The molecule has 4 aliphatic rings. The number of ether oxygens (including phenoxy) is 2. The topological polar surface area (TPSA) is 168 Å².